The van der Waals surface area contributed by atoms with Crippen LogP contribution < -0.4 is 11.4 Å². The molecule has 3 rings (SSSR count). The first-order valence-electron chi connectivity index (χ1n) is 6.96. The number of hydrogen-bond donors (Lipinski definition) is 2. The van der Waals surface area contributed by atoms with Crippen LogP contribution in [0.1, 0.15) is 50.0 Å². The molecule has 0 radical (unpaired) electrons. The minimum absolute atomic E-state index is 0.0288. The Labute approximate surface area is 126 Å². The number of rotatable bonds is 4. The summed E-state index contributed by atoms with van der Waals surface area (Å²) >= 11 is 1.35. The Morgan fingerprint density at radius 2 is 2.10 bits per heavy atom. The SMILES string of the molecule is Cc1c(N)nc(C2CC2)nc1Sc1n[nH]c(=O)n1C(C)C. The van der Waals surface area contributed by atoms with Crippen LogP contribution in [0.5, 0.6) is 0 Å². The predicted octanol–water partition coefficient (Wildman–Crippen LogP) is 1.86. The van der Waals surface area contributed by atoms with E-state index in [2.05, 4.69) is 20.2 Å². The molecule has 112 valence electrons. The standard InChI is InChI=1S/C13H18N6OS/c1-6(2)19-12(20)17-18-13(19)21-11-7(3)9(14)15-10(16-11)8-4-5-8/h6,8H,4-5H2,1-3H3,(H,17,20)(H2,14,15,16). The summed E-state index contributed by atoms with van der Waals surface area (Å²) in [7, 11) is 0. The van der Waals surface area contributed by atoms with Gasteiger partial charge in [-0.15, -0.1) is 5.10 Å². The van der Waals surface area contributed by atoms with Gasteiger partial charge in [-0.3, -0.25) is 4.57 Å². The summed E-state index contributed by atoms with van der Waals surface area (Å²) in [6, 6.07) is 0.0288. The summed E-state index contributed by atoms with van der Waals surface area (Å²) in [5.74, 6) is 1.73. The highest BCUT2D eigenvalue weighted by molar-refractivity contribution is 7.99. The zero-order valence-electron chi connectivity index (χ0n) is 12.3. The summed E-state index contributed by atoms with van der Waals surface area (Å²) in [4.78, 5) is 20.7. The molecule has 1 saturated carbocycles. The van der Waals surface area contributed by atoms with Gasteiger partial charge in [-0.1, -0.05) is 0 Å². The van der Waals surface area contributed by atoms with E-state index >= 15 is 0 Å². The van der Waals surface area contributed by atoms with Crippen LogP contribution in [0.15, 0.2) is 15.0 Å². The van der Waals surface area contributed by atoms with E-state index in [0.29, 0.717) is 16.9 Å². The molecule has 0 saturated heterocycles. The van der Waals surface area contributed by atoms with Crippen LogP contribution in [-0.2, 0) is 0 Å². The average molecular weight is 306 g/mol. The van der Waals surface area contributed by atoms with E-state index in [9.17, 15) is 4.79 Å². The van der Waals surface area contributed by atoms with E-state index in [4.69, 9.17) is 5.73 Å². The maximum atomic E-state index is 11.8. The Kier molecular flexibility index (Phi) is 3.48. The van der Waals surface area contributed by atoms with Crippen molar-refractivity contribution in [1.82, 2.24) is 24.7 Å². The first-order chi connectivity index (χ1) is 9.97. The highest BCUT2D eigenvalue weighted by atomic mass is 32.2. The molecule has 21 heavy (non-hydrogen) atoms. The molecule has 8 heteroatoms. The van der Waals surface area contributed by atoms with Gasteiger partial charge in [0, 0.05) is 17.5 Å². The summed E-state index contributed by atoms with van der Waals surface area (Å²) in [5, 5.41) is 7.93. The van der Waals surface area contributed by atoms with E-state index < -0.39 is 0 Å². The Morgan fingerprint density at radius 3 is 2.71 bits per heavy atom. The second-order valence-corrected chi connectivity index (χ2v) is 6.50. The fraction of sp³-hybridized carbons (Fsp3) is 0.538. The van der Waals surface area contributed by atoms with Crippen LogP contribution >= 0.6 is 11.8 Å². The number of nitrogens with one attached hydrogen (secondary N) is 1. The maximum Gasteiger partial charge on any atom is 0.344 e. The fourth-order valence-electron chi connectivity index (χ4n) is 2.06. The monoisotopic (exact) mass is 306 g/mol. The van der Waals surface area contributed by atoms with Crippen molar-refractivity contribution in [3.8, 4) is 0 Å². The number of hydrogen-bond acceptors (Lipinski definition) is 6. The van der Waals surface area contributed by atoms with Crippen molar-refractivity contribution in [2.24, 2.45) is 0 Å². The second-order valence-electron chi connectivity index (χ2n) is 5.55. The van der Waals surface area contributed by atoms with Gasteiger partial charge >= 0.3 is 5.69 Å². The molecule has 2 aromatic rings. The summed E-state index contributed by atoms with van der Waals surface area (Å²) in [5.41, 5.74) is 6.60. The lowest BCUT2D eigenvalue weighted by Gasteiger charge is -2.11. The van der Waals surface area contributed by atoms with Gasteiger partial charge < -0.3 is 5.73 Å². The number of nitrogens with zero attached hydrogens (tertiary/aromatic N) is 4. The quantitative estimate of drug-likeness (QED) is 0.836. The summed E-state index contributed by atoms with van der Waals surface area (Å²) < 4.78 is 1.61. The van der Waals surface area contributed by atoms with Crippen molar-refractivity contribution in [1.29, 1.82) is 0 Å². The third-order valence-electron chi connectivity index (χ3n) is 3.48. The van der Waals surface area contributed by atoms with Crippen LogP contribution in [-0.4, -0.2) is 24.7 Å². The Hall–Kier alpha value is -1.83. The van der Waals surface area contributed by atoms with Gasteiger partial charge in [0.05, 0.1) is 0 Å². The van der Waals surface area contributed by atoms with Crippen molar-refractivity contribution in [3.63, 3.8) is 0 Å². The van der Waals surface area contributed by atoms with E-state index in [1.54, 1.807) is 4.57 Å². The molecule has 0 spiro atoms. The smallest absolute Gasteiger partial charge is 0.344 e. The normalized spacial score (nSPS) is 14.9. The van der Waals surface area contributed by atoms with Crippen molar-refractivity contribution >= 4 is 17.6 Å². The zero-order valence-corrected chi connectivity index (χ0v) is 13.1. The van der Waals surface area contributed by atoms with Crippen LogP contribution in [0.25, 0.3) is 0 Å². The molecule has 3 N–H and O–H groups in total. The average Bonchev–Trinajstić information content (AvgIpc) is 3.19. The third-order valence-corrected chi connectivity index (χ3v) is 4.54. The third kappa shape index (κ3) is 2.67. The number of nitrogens with two attached hydrogens (primary N) is 1. The lowest BCUT2D eigenvalue weighted by molar-refractivity contribution is 0.533. The molecule has 0 unspecified atom stereocenters. The van der Waals surface area contributed by atoms with Gasteiger partial charge in [-0.25, -0.2) is 19.9 Å². The Balaban J connectivity index is 2.00. The molecule has 0 aromatic carbocycles. The van der Waals surface area contributed by atoms with Crippen molar-refractivity contribution in [2.45, 2.75) is 55.8 Å². The molecular formula is C13H18N6OS. The van der Waals surface area contributed by atoms with Gasteiger partial charge in [0.1, 0.15) is 16.7 Å². The van der Waals surface area contributed by atoms with Crippen LogP contribution in [0.4, 0.5) is 5.82 Å². The van der Waals surface area contributed by atoms with Gasteiger partial charge in [0.15, 0.2) is 5.16 Å². The molecule has 0 amide bonds. The summed E-state index contributed by atoms with van der Waals surface area (Å²) in [6.07, 6.45) is 2.23. The predicted molar refractivity (Wildman–Crippen MR) is 80.5 cm³/mol. The number of aromatic nitrogens is 5. The first kappa shape index (κ1) is 14.1. The molecule has 0 bridgehead atoms. The molecule has 7 nitrogen and oxygen atoms in total. The van der Waals surface area contributed by atoms with Crippen LogP contribution in [0, 0.1) is 6.92 Å². The molecule has 2 aromatic heterocycles. The number of nitrogen functional groups attached to an aromatic ring is 1. The Bertz CT molecular complexity index is 731. The maximum absolute atomic E-state index is 11.8. The number of anilines is 1. The van der Waals surface area contributed by atoms with E-state index in [0.717, 1.165) is 29.3 Å². The Morgan fingerprint density at radius 1 is 1.38 bits per heavy atom. The minimum Gasteiger partial charge on any atom is -0.383 e. The van der Waals surface area contributed by atoms with Gasteiger partial charge in [-0.05, 0) is 45.4 Å². The van der Waals surface area contributed by atoms with Gasteiger partial charge in [0.25, 0.3) is 0 Å². The van der Waals surface area contributed by atoms with E-state index in [1.807, 2.05) is 20.8 Å². The molecule has 0 atom stereocenters. The minimum atomic E-state index is -0.213. The van der Waals surface area contributed by atoms with Crippen molar-refractivity contribution in [3.05, 3.63) is 21.9 Å². The first-order valence-corrected chi connectivity index (χ1v) is 7.77. The molecule has 1 fully saturated rings. The molecule has 2 heterocycles. The van der Waals surface area contributed by atoms with Crippen LogP contribution in [0.2, 0.25) is 0 Å². The zero-order chi connectivity index (χ0) is 15.1. The molecule has 0 aliphatic heterocycles. The summed E-state index contributed by atoms with van der Waals surface area (Å²) in [6.45, 7) is 5.77. The van der Waals surface area contributed by atoms with Crippen LogP contribution in [0.3, 0.4) is 0 Å². The topological polar surface area (TPSA) is 102 Å². The largest absolute Gasteiger partial charge is 0.383 e. The highest BCUT2D eigenvalue weighted by Gasteiger charge is 2.28. The second kappa shape index (κ2) is 5.18. The molecular weight excluding hydrogens is 288 g/mol. The van der Waals surface area contributed by atoms with Crippen molar-refractivity contribution < 1.29 is 0 Å². The lowest BCUT2D eigenvalue weighted by Crippen LogP contribution is -2.19. The lowest BCUT2D eigenvalue weighted by atomic mass is 10.3. The number of H-pyrrole nitrogens is 1. The van der Waals surface area contributed by atoms with Gasteiger partial charge in [-0.2, -0.15) is 0 Å². The van der Waals surface area contributed by atoms with E-state index in [1.165, 1.54) is 11.8 Å². The molecule has 1 aliphatic carbocycles. The van der Waals surface area contributed by atoms with E-state index in [-0.39, 0.29) is 11.7 Å². The van der Waals surface area contributed by atoms with Crippen molar-refractivity contribution in [2.75, 3.05) is 5.73 Å². The molecule has 1 aliphatic rings. The highest BCUT2D eigenvalue weighted by Crippen LogP contribution is 2.40. The fourth-order valence-corrected chi connectivity index (χ4v) is 3.11. The number of aromatic amines is 1. The van der Waals surface area contributed by atoms with Gasteiger partial charge in [0.2, 0.25) is 0 Å².